The van der Waals surface area contributed by atoms with Gasteiger partial charge in [0.25, 0.3) is 0 Å². The average Bonchev–Trinajstić information content (AvgIpc) is 3.35. The minimum atomic E-state index is 0.348. The summed E-state index contributed by atoms with van der Waals surface area (Å²) in [7, 11) is 0. The lowest BCUT2D eigenvalue weighted by Gasteiger charge is -2.39. The zero-order valence-electron chi connectivity index (χ0n) is 22.0. The maximum absolute atomic E-state index is 6.93. The van der Waals surface area contributed by atoms with Gasteiger partial charge in [0.1, 0.15) is 10.8 Å². The van der Waals surface area contributed by atoms with Gasteiger partial charge in [-0.1, -0.05) is 42.1 Å². The number of nitrogens with zero attached hydrogens (tertiary/aromatic N) is 7. The Bertz CT molecular complexity index is 1570. The fourth-order valence-corrected chi connectivity index (χ4v) is 7.14. The zero-order chi connectivity index (χ0) is 27.1. The monoisotopic (exact) mass is 565 g/mol. The third-order valence-corrected chi connectivity index (χ3v) is 9.69. The van der Waals surface area contributed by atoms with Crippen molar-refractivity contribution in [3.8, 4) is 0 Å². The molecule has 2 aliphatic heterocycles. The number of aliphatic imine (C=N–C) groups is 1. The van der Waals surface area contributed by atoms with E-state index in [4.69, 9.17) is 21.6 Å². The lowest BCUT2D eigenvalue weighted by atomic mass is 9.76. The number of rotatable bonds is 5. The van der Waals surface area contributed by atoms with Crippen LogP contribution in [-0.4, -0.2) is 44.3 Å². The van der Waals surface area contributed by atoms with Gasteiger partial charge in [-0.15, -0.1) is 0 Å². The van der Waals surface area contributed by atoms with Crippen molar-refractivity contribution >= 4 is 46.9 Å². The molecule has 0 atom stereocenters. The highest BCUT2D eigenvalue weighted by Gasteiger charge is 2.40. The zero-order valence-corrected chi connectivity index (χ0v) is 23.6. The Hall–Kier alpha value is -3.75. The van der Waals surface area contributed by atoms with Crippen LogP contribution in [0.1, 0.15) is 35.2 Å². The van der Waals surface area contributed by atoms with Gasteiger partial charge in [-0.05, 0) is 66.5 Å². The highest BCUT2D eigenvalue weighted by molar-refractivity contribution is 7.99. The number of fused-ring (bicyclic) bond motifs is 2. The van der Waals surface area contributed by atoms with Crippen LogP contribution >= 0.6 is 23.4 Å². The summed E-state index contributed by atoms with van der Waals surface area (Å²) < 4.78 is 0. The van der Waals surface area contributed by atoms with Crippen molar-refractivity contribution in [3.63, 3.8) is 0 Å². The van der Waals surface area contributed by atoms with Gasteiger partial charge < -0.3 is 9.80 Å². The number of hydrogen-bond donors (Lipinski definition) is 0. The summed E-state index contributed by atoms with van der Waals surface area (Å²) in [6, 6.07) is 12.2. The topological polar surface area (TPSA) is 70.4 Å². The Kier molecular flexibility index (Phi) is 6.52. The van der Waals surface area contributed by atoms with Crippen LogP contribution in [0, 0.1) is 5.41 Å². The quantitative estimate of drug-likeness (QED) is 0.270. The predicted molar refractivity (Wildman–Crippen MR) is 160 cm³/mol. The second kappa shape index (κ2) is 10.3. The second-order valence-electron chi connectivity index (χ2n) is 10.7. The standard InChI is InChI=1S/C31H28ClN7S/c1-21-29-24(37-20-39(21)19-22-4-2-10-33-16-22)6-7-26(30(29)32)40-28-18-35-27(17-36-28)38-12-8-31(9-13-38)14-23-5-3-11-34-25(23)15-31/h2-7,10-11,16-18,20H,1,8-9,12-15,19H2. The first-order chi connectivity index (χ1) is 19.6. The Balaban J connectivity index is 1.02. The van der Waals surface area contributed by atoms with Crippen molar-refractivity contribution in [1.29, 1.82) is 0 Å². The third-order valence-electron chi connectivity index (χ3n) is 8.20. The van der Waals surface area contributed by atoms with Gasteiger partial charge in [-0.25, -0.2) is 15.0 Å². The summed E-state index contributed by atoms with van der Waals surface area (Å²) >= 11 is 8.44. The summed E-state index contributed by atoms with van der Waals surface area (Å²) in [5.41, 5.74) is 6.60. The molecule has 4 aromatic rings. The molecular formula is C31H28ClN7S. The molecule has 9 heteroatoms. The first-order valence-electron chi connectivity index (χ1n) is 13.5. The number of halogens is 1. The molecule has 40 heavy (non-hydrogen) atoms. The minimum absolute atomic E-state index is 0.348. The van der Waals surface area contributed by atoms with Crippen LogP contribution in [0.2, 0.25) is 5.02 Å². The van der Waals surface area contributed by atoms with Gasteiger partial charge in [0.15, 0.2) is 0 Å². The molecule has 3 aliphatic rings. The largest absolute Gasteiger partial charge is 0.355 e. The number of hydrogen-bond acceptors (Lipinski definition) is 8. The van der Waals surface area contributed by atoms with Gasteiger partial charge in [0.2, 0.25) is 0 Å². The van der Waals surface area contributed by atoms with Crippen LogP contribution in [0.4, 0.5) is 11.5 Å². The summed E-state index contributed by atoms with van der Waals surface area (Å²) in [4.78, 5) is 28.2. The summed E-state index contributed by atoms with van der Waals surface area (Å²) in [6.07, 6.45) is 15.6. The Morgan fingerprint density at radius 3 is 2.60 bits per heavy atom. The van der Waals surface area contributed by atoms with Crippen LogP contribution in [-0.2, 0) is 19.4 Å². The van der Waals surface area contributed by atoms with E-state index in [1.807, 2.05) is 54.0 Å². The molecular weight excluding hydrogens is 538 g/mol. The molecule has 7 rings (SSSR count). The van der Waals surface area contributed by atoms with Crippen LogP contribution < -0.4 is 4.90 Å². The molecule has 5 heterocycles. The van der Waals surface area contributed by atoms with Crippen LogP contribution in [0.5, 0.6) is 0 Å². The number of aromatic nitrogens is 4. The number of pyridine rings is 2. The lowest BCUT2D eigenvalue weighted by Crippen LogP contribution is -2.41. The van der Waals surface area contributed by atoms with E-state index in [1.54, 1.807) is 12.5 Å². The van der Waals surface area contributed by atoms with Gasteiger partial charge >= 0.3 is 0 Å². The molecule has 0 unspecified atom stereocenters. The van der Waals surface area contributed by atoms with E-state index in [2.05, 4.69) is 38.6 Å². The molecule has 0 amide bonds. The van der Waals surface area contributed by atoms with Crippen molar-refractivity contribution in [1.82, 2.24) is 24.8 Å². The normalized spacial score (nSPS) is 17.3. The molecule has 1 aromatic carbocycles. The summed E-state index contributed by atoms with van der Waals surface area (Å²) in [5.74, 6) is 0.929. The molecule has 3 aromatic heterocycles. The molecule has 0 N–H and O–H groups in total. The maximum Gasteiger partial charge on any atom is 0.147 e. The van der Waals surface area contributed by atoms with Gasteiger partial charge in [-0.2, -0.15) is 0 Å². The Morgan fingerprint density at radius 1 is 0.950 bits per heavy atom. The SMILES string of the molecule is C=C1c2c(ccc(Sc3cnc(N4CCC5(CC4)Cc4cccnc4C5)cn3)c2Cl)N=CN1Cc1cccnc1. The van der Waals surface area contributed by atoms with E-state index in [-0.39, 0.29) is 0 Å². The molecule has 0 saturated carbocycles. The average molecular weight is 566 g/mol. The first-order valence-corrected chi connectivity index (χ1v) is 14.7. The molecule has 200 valence electrons. The highest BCUT2D eigenvalue weighted by Crippen LogP contribution is 2.45. The van der Waals surface area contributed by atoms with Crippen molar-refractivity contribution in [2.75, 3.05) is 18.0 Å². The van der Waals surface area contributed by atoms with Crippen molar-refractivity contribution in [2.45, 2.75) is 42.1 Å². The molecule has 7 nitrogen and oxygen atoms in total. The van der Waals surface area contributed by atoms with Crippen LogP contribution in [0.25, 0.3) is 5.70 Å². The maximum atomic E-state index is 6.93. The summed E-state index contributed by atoms with van der Waals surface area (Å²) in [5, 5.41) is 1.42. The minimum Gasteiger partial charge on any atom is -0.355 e. The van der Waals surface area contributed by atoms with Crippen molar-refractivity contribution in [3.05, 3.63) is 101 Å². The van der Waals surface area contributed by atoms with Gasteiger partial charge in [0, 0.05) is 53.5 Å². The number of anilines is 1. The van der Waals surface area contributed by atoms with Crippen LogP contribution in [0.15, 0.2) is 88.9 Å². The smallest absolute Gasteiger partial charge is 0.147 e. The van der Waals surface area contributed by atoms with E-state index in [0.717, 1.165) is 77.0 Å². The molecule has 1 spiro atoms. The predicted octanol–water partition coefficient (Wildman–Crippen LogP) is 6.60. The Labute approximate surface area is 243 Å². The lowest BCUT2D eigenvalue weighted by molar-refractivity contribution is 0.231. The van der Waals surface area contributed by atoms with Crippen molar-refractivity contribution in [2.24, 2.45) is 10.4 Å². The molecule has 1 saturated heterocycles. The summed E-state index contributed by atoms with van der Waals surface area (Å²) in [6.45, 7) is 6.93. The van der Waals surface area contributed by atoms with Crippen LogP contribution in [0.3, 0.4) is 0 Å². The molecule has 1 aliphatic carbocycles. The number of benzene rings is 1. The fourth-order valence-electron chi connectivity index (χ4n) is 5.99. The fraction of sp³-hybridized carbons (Fsp3) is 0.258. The Morgan fingerprint density at radius 2 is 1.82 bits per heavy atom. The van der Waals surface area contributed by atoms with Gasteiger partial charge in [0.05, 0.1) is 36.0 Å². The van der Waals surface area contributed by atoms with Crippen molar-refractivity contribution < 1.29 is 0 Å². The third kappa shape index (κ3) is 4.75. The molecule has 1 fully saturated rings. The molecule has 0 bridgehead atoms. The van der Waals surface area contributed by atoms with E-state index >= 15 is 0 Å². The first kappa shape index (κ1) is 25.2. The van der Waals surface area contributed by atoms with Gasteiger partial charge in [-0.3, -0.25) is 9.97 Å². The van der Waals surface area contributed by atoms with E-state index in [0.29, 0.717) is 17.0 Å². The second-order valence-corrected chi connectivity index (χ2v) is 12.2. The van der Waals surface area contributed by atoms with E-state index in [9.17, 15) is 0 Å². The highest BCUT2D eigenvalue weighted by atomic mass is 35.5. The molecule has 0 radical (unpaired) electrons. The van der Waals surface area contributed by atoms with E-state index in [1.165, 1.54) is 23.0 Å². The number of piperidine rings is 1. The van der Waals surface area contributed by atoms with E-state index < -0.39 is 0 Å².